The van der Waals surface area contributed by atoms with Crippen molar-refractivity contribution in [2.45, 2.75) is 31.6 Å². The first kappa shape index (κ1) is 44.8. The van der Waals surface area contributed by atoms with Crippen molar-refractivity contribution in [1.29, 1.82) is 0 Å². The monoisotopic (exact) mass is 988 g/mol. The number of para-hydroxylation sites is 6. The molecule has 0 radical (unpaired) electrons. The van der Waals surface area contributed by atoms with E-state index in [1.54, 1.807) is 0 Å². The van der Waals surface area contributed by atoms with Crippen molar-refractivity contribution in [3.63, 3.8) is 0 Å². The summed E-state index contributed by atoms with van der Waals surface area (Å²) < 4.78 is 13.0. The lowest BCUT2D eigenvalue weighted by Crippen LogP contribution is -2.30. The Balaban J connectivity index is 0.878. The van der Waals surface area contributed by atoms with Gasteiger partial charge in [0.25, 0.3) is 0 Å². The van der Waals surface area contributed by atoms with Crippen LogP contribution in [0.25, 0.3) is 66.4 Å². The van der Waals surface area contributed by atoms with Crippen molar-refractivity contribution >= 4 is 83.7 Å². The standard InChI is InChI=1S/C73H52N2O2/c1-3-5-7-20-49(4-2)73(50-21-8-6-9-22-50)60-45-47(36-40-53(60)54-42-39-51(46-61(54)73)74-63-27-10-14-31-67(63)76-68-32-15-11-28-64(68)74)35-37-48-38-41-57-56-25-19-26-59-62(44-43-58(72(56)59)55-24-18-23-52(48)71(55)57)75-65-29-12-16-33-69(65)77-70-34-17-13-30-66(70)75/h3,5-10,12-27,29-46H,1,4,11,28H2,2H3/b7-5-,37-35+,49-20+. The quantitative estimate of drug-likeness (QED) is 0.0623. The van der Waals surface area contributed by atoms with E-state index >= 15 is 0 Å². The fourth-order valence-corrected chi connectivity index (χ4v) is 13.3. The minimum Gasteiger partial charge on any atom is -0.453 e. The molecule has 0 saturated heterocycles. The Morgan fingerprint density at radius 1 is 0.532 bits per heavy atom. The highest BCUT2D eigenvalue weighted by Gasteiger charge is 2.47. The van der Waals surface area contributed by atoms with E-state index in [4.69, 9.17) is 9.47 Å². The number of benzene rings is 11. The normalized spacial score (nSPS) is 16.5. The molecule has 4 heteroatoms. The molecule has 0 spiro atoms. The predicted octanol–water partition coefficient (Wildman–Crippen LogP) is 20.0. The van der Waals surface area contributed by atoms with Crippen molar-refractivity contribution < 1.29 is 9.47 Å². The average molecular weight is 989 g/mol. The van der Waals surface area contributed by atoms with Gasteiger partial charge in [0.05, 0.1) is 33.9 Å². The van der Waals surface area contributed by atoms with Crippen LogP contribution in [0, 0.1) is 0 Å². The highest BCUT2D eigenvalue weighted by atomic mass is 16.5. The molecule has 1 unspecified atom stereocenters. The first-order valence-corrected chi connectivity index (χ1v) is 26.9. The van der Waals surface area contributed by atoms with Crippen LogP contribution in [0.2, 0.25) is 0 Å². The van der Waals surface area contributed by atoms with Gasteiger partial charge in [0.2, 0.25) is 0 Å². The van der Waals surface area contributed by atoms with Gasteiger partial charge in [-0.05, 0) is 163 Å². The van der Waals surface area contributed by atoms with Crippen molar-refractivity contribution in [3.8, 4) is 28.4 Å². The number of nitrogens with zero attached hydrogens (tertiary/aromatic N) is 2. The smallest absolute Gasteiger partial charge is 0.151 e. The van der Waals surface area contributed by atoms with Crippen LogP contribution >= 0.6 is 0 Å². The summed E-state index contributed by atoms with van der Waals surface area (Å²) in [7, 11) is 0. The SMILES string of the molecule is C=C/C=C\C=C(/CC)C1(c2ccccc2)c2cc(/C=C/c3ccc4c5cccc6c(N7c8ccccc8Oc8ccccc87)ccc(c7cccc3c47)c65)ccc2-c2ccc(N3C4=C(C=CCC4)Oc4ccccc43)cc21. The van der Waals surface area contributed by atoms with Crippen LogP contribution in [0.1, 0.15) is 54.0 Å². The van der Waals surface area contributed by atoms with E-state index in [1.807, 2.05) is 24.3 Å². The maximum Gasteiger partial charge on any atom is 0.151 e. The van der Waals surface area contributed by atoms with Gasteiger partial charge < -0.3 is 19.3 Å². The second-order valence-electron chi connectivity index (χ2n) is 20.5. The summed E-state index contributed by atoms with van der Waals surface area (Å²) in [6.45, 7) is 6.33. The van der Waals surface area contributed by atoms with Crippen LogP contribution in [0.5, 0.6) is 17.2 Å². The Kier molecular flexibility index (Phi) is 10.3. The van der Waals surface area contributed by atoms with Gasteiger partial charge in [-0.1, -0.05) is 201 Å². The fourth-order valence-electron chi connectivity index (χ4n) is 13.3. The Bertz CT molecular complexity index is 4350. The molecule has 366 valence electrons. The van der Waals surface area contributed by atoms with E-state index in [2.05, 4.69) is 248 Å². The molecule has 0 aromatic heterocycles. The summed E-state index contributed by atoms with van der Waals surface area (Å²) in [6, 6.07) is 73.5. The van der Waals surface area contributed by atoms with Crippen LogP contribution in [0.4, 0.5) is 28.4 Å². The van der Waals surface area contributed by atoms with Gasteiger partial charge in [0.15, 0.2) is 17.2 Å². The molecule has 15 rings (SSSR count). The van der Waals surface area contributed by atoms with E-state index in [-0.39, 0.29) is 0 Å². The minimum absolute atomic E-state index is 0.593. The zero-order valence-corrected chi connectivity index (χ0v) is 42.7. The minimum atomic E-state index is -0.593. The molecule has 11 aromatic carbocycles. The third-order valence-corrected chi connectivity index (χ3v) is 16.5. The summed E-state index contributed by atoms with van der Waals surface area (Å²) in [6.07, 6.45) is 20.1. The zero-order valence-electron chi connectivity index (χ0n) is 42.7. The van der Waals surface area contributed by atoms with Gasteiger partial charge in [-0.15, -0.1) is 0 Å². The molecule has 4 nitrogen and oxygen atoms in total. The Morgan fingerprint density at radius 3 is 1.87 bits per heavy atom. The summed E-state index contributed by atoms with van der Waals surface area (Å²) in [5.41, 5.74) is 15.9. The van der Waals surface area contributed by atoms with Gasteiger partial charge >= 0.3 is 0 Å². The number of ether oxygens (including phenoxy) is 2. The number of hydrogen-bond donors (Lipinski definition) is 0. The van der Waals surface area contributed by atoms with E-state index in [1.165, 1.54) is 87.7 Å². The van der Waals surface area contributed by atoms with E-state index in [9.17, 15) is 0 Å². The summed E-state index contributed by atoms with van der Waals surface area (Å²) in [5, 5.41) is 10.0. The molecule has 2 aliphatic carbocycles. The maximum atomic E-state index is 6.55. The van der Waals surface area contributed by atoms with E-state index in [0.29, 0.717) is 0 Å². The number of hydrogen-bond acceptors (Lipinski definition) is 4. The summed E-state index contributed by atoms with van der Waals surface area (Å²) >= 11 is 0. The van der Waals surface area contributed by atoms with Crippen molar-refractivity contribution in [3.05, 3.63) is 288 Å². The lowest BCUT2D eigenvalue weighted by molar-refractivity contribution is 0.421. The van der Waals surface area contributed by atoms with Crippen LogP contribution in [-0.4, -0.2) is 0 Å². The molecule has 0 fully saturated rings. The lowest BCUT2D eigenvalue weighted by Gasteiger charge is -2.38. The van der Waals surface area contributed by atoms with Gasteiger partial charge in [-0.3, -0.25) is 0 Å². The Morgan fingerprint density at radius 2 is 1.14 bits per heavy atom. The highest BCUT2D eigenvalue weighted by molar-refractivity contribution is 6.35. The topological polar surface area (TPSA) is 24.9 Å². The average Bonchev–Trinajstić information content (AvgIpc) is 3.85. The number of anilines is 5. The zero-order chi connectivity index (χ0) is 51.2. The molecule has 1 atom stereocenters. The van der Waals surface area contributed by atoms with E-state index in [0.717, 1.165) is 76.3 Å². The number of fused-ring (bicyclic) bond motifs is 8. The van der Waals surface area contributed by atoms with E-state index < -0.39 is 5.41 Å². The van der Waals surface area contributed by atoms with Crippen LogP contribution in [-0.2, 0) is 5.41 Å². The number of rotatable bonds is 9. The molecular formula is C73H52N2O2. The van der Waals surface area contributed by atoms with Crippen molar-refractivity contribution in [1.82, 2.24) is 0 Å². The third-order valence-electron chi connectivity index (χ3n) is 16.5. The van der Waals surface area contributed by atoms with Gasteiger partial charge in [0.1, 0.15) is 5.76 Å². The van der Waals surface area contributed by atoms with Crippen LogP contribution in [0.3, 0.4) is 0 Å². The maximum absolute atomic E-state index is 6.55. The molecule has 2 aliphatic heterocycles. The first-order valence-electron chi connectivity index (χ1n) is 26.9. The molecule has 2 heterocycles. The van der Waals surface area contributed by atoms with Crippen LogP contribution < -0.4 is 19.3 Å². The van der Waals surface area contributed by atoms with Gasteiger partial charge in [-0.25, -0.2) is 0 Å². The third kappa shape index (κ3) is 6.71. The molecule has 0 saturated carbocycles. The van der Waals surface area contributed by atoms with Crippen LogP contribution in [0.15, 0.2) is 260 Å². The lowest BCUT2D eigenvalue weighted by atomic mass is 9.66. The Hall–Kier alpha value is -9.64. The molecule has 77 heavy (non-hydrogen) atoms. The second kappa shape index (κ2) is 17.8. The van der Waals surface area contributed by atoms with Gasteiger partial charge in [0, 0.05) is 11.1 Å². The molecule has 0 amide bonds. The van der Waals surface area contributed by atoms with Crippen molar-refractivity contribution in [2.75, 3.05) is 9.80 Å². The highest BCUT2D eigenvalue weighted by Crippen LogP contribution is 2.59. The molecule has 0 N–H and O–H groups in total. The predicted molar refractivity (Wildman–Crippen MR) is 322 cm³/mol. The fraction of sp³-hybridized carbons (Fsp3) is 0.0685. The Labute approximate surface area is 448 Å². The van der Waals surface area contributed by atoms with Crippen molar-refractivity contribution in [2.24, 2.45) is 0 Å². The first-order chi connectivity index (χ1) is 38.1. The molecule has 0 bridgehead atoms. The second-order valence-corrected chi connectivity index (χ2v) is 20.5. The summed E-state index contributed by atoms with van der Waals surface area (Å²) in [5.74, 6) is 3.48. The number of allylic oxidation sites excluding steroid dienone is 8. The van der Waals surface area contributed by atoms with Gasteiger partial charge in [-0.2, -0.15) is 0 Å². The summed E-state index contributed by atoms with van der Waals surface area (Å²) in [4.78, 5) is 4.81. The largest absolute Gasteiger partial charge is 0.453 e. The molecule has 4 aliphatic rings. The molecular weight excluding hydrogens is 937 g/mol. The molecule has 11 aromatic rings.